The SMILES string of the molecule is CC(O)(c1cccc2[nH]ccc12)C1CC1. The van der Waals surface area contributed by atoms with Crippen LogP contribution in [-0.2, 0) is 5.60 Å². The van der Waals surface area contributed by atoms with Crippen LogP contribution in [0.1, 0.15) is 25.3 Å². The molecule has 0 bridgehead atoms. The van der Waals surface area contributed by atoms with Crippen LogP contribution in [0, 0.1) is 5.92 Å². The molecule has 2 heteroatoms. The maximum absolute atomic E-state index is 10.5. The molecule has 2 aromatic rings. The van der Waals surface area contributed by atoms with Gasteiger partial charge in [-0.3, -0.25) is 0 Å². The molecule has 1 aromatic heterocycles. The van der Waals surface area contributed by atoms with E-state index in [0.717, 1.165) is 29.3 Å². The van der Waals surface area contributed by atoms with Gasteiger partial charge in [0.2, 0.25) is 0 Å². The minimum Gasteiger partial charge on any atom is -0.385 e. The standard InChI is InChI=1S/C13H15NO/c1-13(15,9-5-6-9)11-3-2-4-12-10(11)7-8-14-12/h2-4,7-9,14-15H,5-6H2,1H3. The molecule has 1 aromatic carbocycles. The number of aromatic amines is 1. The van der Waals surface area contributed by atoms with E-state index in [4.69, 9.17) is 0 Å². The van der Waals surface area contributed by atoms with Gasteiger partial charge in [-0.2, -0.15) is 0 Å². The number of rotatable bonds is 2. The van der Waals surface area contributed by atoms with Gasteiger partial charge in [0, 0.05) is 17.1 Å². The van der Waals surface area contributed by atoms with Crippen LogP contribution in [0.3, 0.4) is 0 Å². The van der Waals surface area contributed by atoms with Gasteiger partial charge >= 0.3 is 0 Å². The second-order valence-electron chi connectivity index (χ2n) is 4.67. The Hall–Kier alpha value is -1.28. The van der Waals surface area contributed by atoms with E-state index in [-0.39, 0.29) is 0 Å². The maximum atomic E-state index is 10.5. The second kappa shape index (κ2) is 2.86. The first-order valence-corrected chi connectivity index (χ1v) is 5.48. The van der Waals surface area contributed by atoms with Gasteiger partial charge in [-0.15, -0.1) is 0 Å². The van der Waals surface area contributed by atoms with E-state index in [1.165, 1.54) is 0 Å². The molecule has 3 rings (SSSR count). The molecular formula is C13H15NO. The maximum Gasteiger partial charge on any atom is 0.0903 e. The summed E-state index contributed by atoms with van der Waals surface area (Å²) in [7, 11) is 0. The summed E-state index contributed by atoms with van der Waals surface area (Å²) >= 11 is 0. The quantitative estimate of drug-likeness (QED) is 0.770. The topological polar surface area (TPSA) is 36.0 Å². The van der Waals surface area contributed by atoms with E-state index in [1.807, 2.05) is 37.4 Å². The molecule has 0 spiro atoms. The molecule has 0 radical (unpaired) electrons. The van der Waals surface area contributed by atoms with Crippen LogP contribution in [0.4, 0.5) is 0 Å². The fraction of sp³-hybridized carbons (Fsp3) is 0.385. The van der Waals surface area contributed by atoms with Crippen molar-refractivity contribution in [1.82, 2.24) is 4.98 Å². The van der Waals surface area contributed by atoms with Crippen LogP contribution >= 0.6 is 0 Å². The largest absolute Gasteiger partial charge is 0.385 e. The zero-order valence-electron chi connectivity index (χ0n) is 8.83. The van der Waals surface area contributed by atoms with Crippen molar-refractivity contribution < 1.29 is 5.11 Å². The van der Waals surface area contributed by atoms with Gasteiger partial charge in [0.05, 0.1) is 5.60 Å². The normalized spacial score (nSPS) is 20.4. The third-order valence-corrected chi connectivity index (χ3v) is 3.51. The lowest BCUT2D eigenvalue weighted by molar-refractivity contribution is 0.0346. The predicted octanol–water partition coefficient (Wildman–Crippen LogP) is 2.79. The molecule has 0 saturated heterocycles. The number of nitrogens with one attached hydrogen (secondary N) is 1. The molecule has 2 nitrogen and oxygen atoms in total. The highest BCUT2D eigenvalue weighted by molar-refractivity contribution is 5.83. The summed E-state index contributed by atoms with van der Waals surface area (Å²) in [6.45, 7) is 1.94. The molecule has 1 unspecified atom stereocenters. The van der Waals surface area contributed by atoms with E-state index in [0.29, 0.717) is 5.92 Å². The Morgan fingerprint density at radius 3 is 2.87 bits per heavy atom. The summed E-state index contributed by atoms with van der Waals surface area (Å²) < 4.78 is 0. The zero-order valence-corrected chi connectivity index (χ0v) is 8.83. The smallest absolute Gasteiger partial charge is 0.0903 e. The molecule has 1 aliphatic carbocycles. The highest BCUT2D eigenvalue weighted by atomic mass is 16.3. The minimum absolute atomic E-state index is 0.443. The zero-order chi connectivity index (χ0) is 10.5. The van der Waals surface area contributed by atoms with E-state index in [2.05, 4.69) is 4.98 Å². The van der Waals surface area contributed by atoms with Crippen molar-refractivity contribution in [2.24, 2.45) is 5.92 Å². The van der Waals surface area contributed by atoms with Gasteiger partial charge in [0.1, 0.15) is 0 Å². The molecule has 0 amide bonds. The molecule has 15 heavy (non-hydrogen) atoms. The predicted molar refractivity (Wildman–Crippen MR) is 60.6 cm³/mol. The van der Waals surface area contributed by atoms with Crippen LogP contribution in [-0.4, -0.2) is 10.1 Å². The molecule has 1 fully saturated rings. The number of aromatic nitrogens is 1. The number of aliphatic hydroxyl groups is 1. The molecule has 0 aliphatic heterocycles. The lowest BCUT2D eigenvalue weighted by atomic mass is 9.88. The number of fused-ring (bicyclic) bond motifs is 1. The Morgan fingerprint density at radius 2 is 2.13 bits per heavy atom. The summed E-state index contributed by atoms with van der Waals surface area (Å²) in [6.07, 6.45) is 4.22. The summed E-state index contributed by atoms with van der Waals surface area (Å²) in [4.78, 5) is 3.18. The first-order chi connectivity index (χ1) is 7.19. The van der Waals surface area contributed by atoms with E-state index in [9.17, 15) is 5.11 Å². The second-order valence-corrected chi connectivity index (χ2v) is 4.67. The molecule has 2 N–H and O–H groups in total. The first-order valence-electron chi connectivity index (χ1n) is 5.48. The number of hydrogen-bond acceptors (Lipinski definition) is 1. The van der Waals surface area contributed by atoms with Gasteiger partial charge in [-0.25, -0.2) is 0 Å². The average molecular weight is 201 g/mol. The van der Waals surface area contributed by atoms with Crippen molar-refractivity contribution in [3.63, 3.8) is 0 Å². The van der Waals surface area contributed by atoms with E-state index in [1.54, 1.807) is 0 Å². The third kappa shape index (κ3) is 1.29. The fourth-order valence-corrected chi connectivity index (χ4v) is 2.39. The summed E-state index contributed by atoms with van der Waals surface area (Å²) in [5.41, 5.74) is 1.50. The van der Waals surface area contributed by atoms with Crippen LogP contribution in [0.25, 0.3) is 10.9 Å². The van der Waals surface area contributed by atoms with Crippen molar-refractivity contribution in [2.45, 2.75) is 25.4 Å². The minimum atomic E-state index is -0.665. The Balaban J connectivity index is 2.20. The van der Waals surface area contributed by atoms with Crippen molar-refractivity contribution >= 4 is 10.9 Å². The fourth-order valence-electron chi connectivity index (χ4n) is 2.39. The van der Waals surface area contributed by atoms with Gasteiger partial charge in [0.25, 0.3) is 0 Å². The Labute approximate surface area is 88.9 Å². The van der Waals surface area contributed by atoms with E-state index < -0.39 is 5.60 Å². The number of hydrogen-bond donors (Lipinski definition) is 2. The third-order valence-electron chi connectivity index (χ3n) is 3.51. The van der Waals surface area contributed by atoms with Crippen LogP contribution < -0.4 is 0 Å². The Bertz CT molecular complexity index is 494. The summed E-state index contributed by atoms with van der Waals surface area (Å²) in [5, 5.41) is 11.7. The van der Waals surface area contributed by atoms with Crippen LogP contribution in [0.2, 0.25) is 0 Å². The van der Waals surface area contributed by atoms with Gasteiger partial charge in [0.15, 0.2) is 0 Å². The molecule has 1 aliphatic rings. The molecule has 1 heterocycles. The monoisotopic (exact) mass is 201 g/mol. The van der Waals surface area contributed by atoms with Crippen molar-refractivity contribution in [2.75, 3.05) is 0 Å². The summed E-state index contributed by atoms with van der Waals surface area (Å²) in [5.74, 6) is 0.443. The molecule has 1 atom stereocenters. The summed E-state index contributed by atoms with van der Waals surface area (Å²) in [6, 6.07) is 8.13. The molecule has 1 saturated carbocycles. The lowest BCUT2D eigenvalue weighted by Gasteiger charge is -2.24. The van der Waals surface area contributed by atoms with Crippen molar-refractivity contribution in [3.8, 4) is 0 Å². The van der Waals surface area contributed by atoms with Crippen molar-refractivity contribution in [1.29, 1.82) is 0 Å². The van der Waals surface area contributed by atoms with Crippen LogP contribution in [0.15, 0.2) is 30.5 Å². The number of H-pyrrole nitrogens is 1. The average Bonchev–Trinajstić information content (AvgIpc) is 2.97. The van der Waals surface area contributed by atoms with Gasteiger partial charge in [-0.05, 0) is 43.4 Å². The Morgan fingerprint density at radius 1 is 1.33 bits per heavy atom. The lowest BCUT2D eigenvalue weighted by Crippen LogP contribution is -2.23. The highest BCUT2D eigenvalue weighted by Crippen LogP contribution is 2.46. The number of benzene rings is 1. The van der Waals surface area contributed by atoms with Gasteiger partial charge < -0.3 is 10.1 Å². The Kier molecular flexibility index (Phi) is 1.71. The van der Waals surface area contributed by atoms with Crippen molar-refractivity contribution in [3.05, 3.63) is 36.0 Å². The van der Waals surface area contributed by atoms with Crippen LogP contribution in [0.5, 0.6) is 0 Å². The molecule has 78 valence electrons. The highest BCUT2D eigenvalue weighted by Gasteiger charge is 2.41. The van der Waals surface area contributed by atoms with E-state index >= 15 is 0 Å². The first kappa shape index (κ1) is 8.98. The molecular weight excluding hydrogens is 186 g/mol. The van der Waals surface area contributed by atoms with Gasteiger partial charge in [-0.1, -0.05) is 12.1 Å².